The second-order valence-electron chi connectivity index (χ2n) is 3.39. The molecular formula is C11H6ClN3OS. The predicted octanol–water partition coefficient (Wildman–Crippen LogP) is 2.92. The lowest BCUT2D eigenvalue weighted by molar-refractivity contribution is 0.111. The van der Waals surface area contributed by atoms with Gasteiger partial charge in [0.2, 0.25) is 0 Å². The van der Waals surface area contributed by atoms with E-state index < -0.39 is 0 Å². The van der Waals surface area contributed by atoms with E-state index in [2.05, 4.69) is 9.97 Å². The molecule has 3 rings (SSSR count). The first-order valence-corrected chi connectivity index (χ1v) is 6.02. The van der Waals surface area contributed by atoms with Crippen LogP contribution in [0.15, 0.2) is 30.7 Å². The molecule has 0 aliphatic heterocycles. The Morgan fingerprint density at radius 1 is 1.47 bits per heavy atom. The summed E-state index contributed by atoms with van der Waals surface area (Å²) in [5.41, 5.74) is 1.95. The minimum atomic E-state index is 0.496. The van der Waals surface area contributed by atoms with Crippen LogP contribution >= 0.6 is 22.9 Å². The predicted molar refractivity (Wildman–Crippen MR) is 66.7 cm³/mol. The molecule has 3 aromatic heterocycles. The molecule has 0 spiro atoms. The minimum absolute atomic E-state index is 0.496. The first-order chi connectivity index (χ1) is 8.29. The summed E-state index contributed by atoms with van der Waals surface area (Å²) in [7, 11) is 0. The fourth-order valence-electron chi connectivity index (χ4n) is 1.66. The molecule has 0 N–H and O–H groups in total. The number of fused-ring (bicyclic) bond motifs is 1. The number of halogens is 1. The van der Waals surface area contributed by atoms with Crippen LogP contribution in [0.4, 0.5) is 0 Å². The summed E-state index contributed by atoms with van der Waals surface area (Å²) in [6, 6.07) is 3.68. The molecule has 0 aliphatic rings. The molecule has 0 atom stereocenters. The van der Waals surface area contributed by atoms with E-state index in [4.69, 9.17) is 11.6 Å². The van der Waals surface area contributed by atoms with Gasteiger partial charge < -0.3 is 0 Å². The fourth-order valence-corrected chi connectivity index (χ4v) is 2.69. The molecule has 3 heterocycles. The molecule has 0 bridgehead atoms. The lowest BCUT2D eigenvalue weighted by atomic mass is 10.2. The van der Waals surface area contributed by atoms with Gasteiger partial charge in [0, 0.05) is 24.2 Å². The number of hydrogen-bond donors (Lipinski definition) is 0. The quantitative estimate of drug-likeness (QED) is 0.668. The second-order valence-corrected chi connectivity index (χ2v) is 5.03. The lowest BCUT2D eigenvalue weighted by Gasteiger charge is -1.96. The maximum absolute atomic E-state index is 11.2. The number of thiazole rings is 1. The molecule has 6 heteroatoms. The van der Waals surface area contributed by atoms with E-state index in [0.29, 0.717) is 20.7 Å². The Kier molecular flexibility index (Phi) is 2.42. The summed E-state index contributed by atoms with van der Waals surface area (Å²) in [6.07, 6.45) is 5.84. The number of pyridine rings is 1. The smallest absolute Gasteiger partial charge is 0.196 e. The third-order valence-electron chi connectivity index (χ3n) is 2.38. The fraction of sp³-hybridized carbons (Fsp3) is 0. The van der Waals surface area contributed by atoms with Crippen LogP contribution in [0.2, 0.25) is 4.34 Å². The van der Waals surface area contributed by atoms with Gasteiger partial charge in [0.15, 0.2) is 11.2 Å². The Hall–Kier alpha value is -1.72. The highest BCUT2D eigenvalue weighted by Crippen LogP contribution is 2.29. The number of carbonyl (C=O) groups excluding carboxylic acids is 1. The molecule has 0 aliphatic carbocycles. The van der Waals surface area contributed by atoms with Gasteiger partial charge in [-0.25, -0.2) is 4.98 Å². The highest BCUT2D eigenvalue weighted by Gasteiger charge is 2.15. The summed E-state index contributed by atoms with van der Waals surface area (Å²) in [6.45, 7) is 0. The molecule has 3 aromatic rings. The average molecular weight is 264 g/mol. The van der Waals surface area contributed by atoms with Crippen molar-refractivity contribution in [1.29, 1.82) is 0 Å². The normalized spacial score (nSPS) is 10.9. The van der Waals surface area contributed by atoms with Gasteiger partial charge in [-0.15, -0.1) is 0 Å². The Morgan fingerprint density at radius 2 is 2.35 bits per heavy atom. The van der Waals surface area contributed by atoms with E-state index in [1.807, 2.05) is 12.1 Å². The molecule has 0 aromatic carbocycles. The molecule has 4 nitrogen and oxygen atoms in total. The number of aromatic nitrogens is 3. The zero-order valence-corrected chi connectivity index (χ0v) is 10.1. The topological polar surface area (TPSA) is 47.3 Å². The summed E-state index contributed by atoms with van der Waals surface area (Å²) < 4.78 is 2.30. The van der Waals surface area contributed by atoms with Crippen molar-refractivity contribution in [2.75, 3.05) is 0 Å². The summed E-state index contributed by atoms with van der Waals surface area (Å²) >= 11 is 7.22. The van der Waals surface area contributed by atoms with Crippen LogP contribution in [0.5, 0.6) is 0 Å². The molecule has 84 valence electrons. The molecule has 0 saturated heterocycles. The van der Waals surface area contributed by atoms with Gasteiger partial charge in [-0.3, -0.25) is 14.2 Å². The van der Waals surface area contributed by atoms with Crippen molar-refractivity contribution in [3.63, 3.8) is 0 Å². The van der Waals surface area contributed by atoms with Crippen LogP contribution < -0.4 is 0 Å². The van der Waals surface area contributed by atoms with Gasteiger partial charge in [-0.2, -0.15) is 0 Å². The van der Waals surface area contributed by atoms with Crippen LogP contribution in [0.1, 0.15) is 10.5 Å². The first-order valence-electron chi connectivity index (χ1n) is 4.82. The van der Waals surface area contributed by atoms with Crippen LogP contribution in [-0.4, -0.2) is 20.7 Å². The molecule has 0 amide bonds. The molecule has 0 unspecified atom stereocenters. The van der Waals surface area contributed by atoms with Crippen LogP contribution in [-0.2, 0) is 0 Å². The Labute approximate surface area is 106 Å². The zero-order valence-electron chi connectivity index (χ0n) is 8.50. The van der Waals surface area contributed by atoms with Gasteiger partial charge in [0.25, 0.3) is 0 Å². The second kappa shape index (κ2) is 3.94. The zero-order chi connectivity index (χ0) is 11.8. The Bertz CT molecular complexity index is 689. The monoisotopic (exact) mass is 263 g/mol. The van der Waals surface area contributed by atoms with Crippen molar-refractivity contribution in [2.24, 2.45) is 0 Å². The summed E-state index contributed by atoms with van der Waals surface area (Å²) in [4.78, 5) is 20.3. The first kappa shape index (κ1) is 10.4. The van der Waals surface area contributed by atoms with E-state index in [0.717, 1.165) is 11.8 Å². The van der Waals surface area contributed by atoms with Crippen molar-refractivity contribution in [3.8, 4) is 11.3 Å². The number of imidazole rings is 1. The molecule has 0 fully saturated rings. The van der Waals surface area contributed by atoms with Gasteiger partial charge in [0.1, 0.15) is 15.7 Å². The number of aldehydes is 1. The van der Waals surface area contributed by atoms with Crippen molar-refractivity contribution in [2.45, 2.75) is 0 Å². The molecule has 17 heavy (non-hydrogen) atoms. The third kappa shape index (κ3) is 1.64. The van der Waals surface area contributed by atoms with E-state index >= 15 is 0 Å². The Morgan fingerprint density at radius 3 is 3.06 bits per heavy atom. The number of hydrogen-bond acceptors (Lipinski definition) is 4. The van der Waals surface area contributed by atoms with E-state index in [-0.39, 0.29) is 0 Å². The van der Waals surface area contributed by atoms with Gasteiger partial charge >= 0.3 is 0 Å². The molecule has 0 radical (unpaired) electrons. The van der Waals surface area contributed by atoms with E-state index in [1.165, 1.54) is 11.3 Å². The maximum Gasteiger partial charge on any atom is 0.196 e. The van der Waals surface area contributed by atoms with Crippen LogP contribution in [0, 0.1) is 0 Å². The summed E-state index contributed by atoms with van der Waals surface area (Å²) in [5, 5.41) is 0. The van der Waals surface area contributed by atoms with Crippen molar-refractivity contribution < 1.29 is 4.79 Å². The van der Waals surface area contributed by atoms with Crippen molar-refractivity contribution in [3.05, 3.63) is 40.8 Å². The number of carbonyl (C=O) groups is 1. The Balaban J connectivity index is 2.30. The SMILES string of the molecule is O=Cc1c(-c2cccnc2)nc2sc(Cl)cn12. The van der Waals surface area contributed by atoms with Crippen molar-refractivity contribution in [1.82, 2.24) is 14.4 Å². The van der Waals surface area contributed by atoms with E-state index in [1.54, 1.807) is 23.0 Å². The number of nitrogens with zero attached hydrogens (tertiary/aromatic N) is 3. The van der Waals surface area contributed by atoms with Gasteiger partial charge in [0.05, 0.1) is 0 Å². The average Bonchev–Trinajstić information content (AvgIpc) is 2.85. The maximum atomic E-state index is 11.2. The largest absolute Gasteiger partial charge is 0.296 e. The highest BCUT2D eigenvalue weighted by atomic mass is 35.5. The molecular weight excluding hydrogens is 258 g/mol. The molecule has 0 saturated carbocycles. The van der Waals surface area contributed by atoms with E-state index in [9.17, 15) is 4.79 Å². The minimum Gasteiger partial charge on any atom is -0.296 e. The summed E-state index contributed by atoms with van der Waals surface area (Å²) in [5.74, 6) is 0. The number of rotatable bonds is 2. The lowest BCUT2D eigenvalue weighted by Crippen LogP contribution is -1.90. The highest BCUT2D eigenvalue weighted by molar-refractivity contribution is 7.20. The third-order valence-corrected chi connectivity index (χ3v) is 3.48. The van der Waals surface area contributed by atoms with Crippen LogP contribution in [0.25, 0.3) is 16.2 Å². The standard InChI is InChI=1S/C11H6ClN3OS/c12-9-5-15-8(6-16)10(14-11(15)17-9)7-2-1-3-13-4-7/h1-6H. The van der Waals surface area contributed by atoms with Gasteiger partial charge in [-0.1, -0.05) is 22.9 Å². The van der Waals surface area contributed by atoms with Gasteiger partial charge in [-0.05, 0) is 12.1 Å². The van der Waals surface area contributed by atoms with Crippen molar-refractivity contribution >= 4 is 34.2 Å². The van der Waals surface area contributed by atoms with Crippen LogP contribution in [0.3, 0.4) is 0 Å².